The second-order valence-electron chi connectivity index (χ2n) is 8.76. The van der Waals surface area contributed by atoms with Crippen molar-refractivity contribution in [2.45, 2.75) is 70.4 Å². The Morgan fingerprint density at radius 2 is 1.53 bits per heavy atom. The number of hydrogen-bond acceptors (Lipinski definition) is 4. The van der Waals surface area contributed by atoms with Crippen LogP contribution in [0.25, 0.3) is 11.1 Å². The zero-order valence-corrected chi connectivity index (χ0v) is 19.9. The first-order chi connectivity index (χ1) is 16.4. The second-order valence-corrected chi connectivity index (χ2v) is 8.76. The van der Waals surface area contributed by atoms with Gasteiger partial charge in [0.15, 0.2) is 0 Å². The van der Waals surface area contributed by atoms with Gasteiger partial charge in [-0.25, -0.2) is 4.79 Å². The number of benzene rings is 2. The van der Waals surface area contributed by atoms with Gasteiger partial charge in [0.05, 0.1) is 6.42 Å². The molecule has 0 aliphatic heterocycles. The Balaban J connectivity index is 1.49. The Bertz CT molecular complexity index is 961. The fourth-order valence-corrected chi connectivity index (χ4v) is 4.57. The lowest BCUT2D eigenvalue weighted by atomic mass is 9.98. The number of alkyl carbamates (subject to hydrolysis) is 1. The van der Waals surface area contributed by atoms with Crippen molar-refractivity contribution in [1.29, 1.82) is 0 Å². The normalized spacial score (nSPS) is 13.9. The molecule has 2 aromatic carbocycles. The number of fused-ring (bicyclic) bond motifs is 3. The zero-order chi connectivity index (χ0) is 24.5. The maximum Gasteiger partial charge on any atom is 0.407 e. The van der Waals surface area contributed by atoms with Crippen molar-refractivity contribution in [1.82, 2.24) is 10.6 Å². The molecule has 2 aromatic rings. The van der Waals surface area contributed by atoms with E-state index in [4.69, 9.17) is 9.84 Å². The first-order valence-electron chi connectivity index (χ1n) is 12.1. The molecule has 0 heterocycles. The van der Waals surface area contributed by atoms with Crippen LogP contribution in [-0.4, -0.2) is 41.8 Å². The van der Waals surface area contributed by atoms with Crippen molar-refractivity contribution >= 4 is 18.0 Å². The molecule has 7 heteroatoms. The summed E-state index contributed by atoms with van der Waals surface area (Å²) in [5.74, 6) is -1.14. The monoisotopic (exact) mass is 466 g/mol. The summed E-state index contributed by atoms with van der Waals surface area (Å²) in [6.07, 6.45) is 2.15. The van der Waals surface area contributed by atoms with Crippen molar-refractivity contribution in [3.8, 4) is 11.1 Å². The molecule has 0 radical (unpaired) electrons. The fourth-order valence-electron chi connectivity index (χ4n) is 4.57. The number of hydrogen-bond donors (Lipinski definition) is 3. The number of aliphatic carboxylic acids is 1. The fraction of sp³-hybridized carbons (Fsp3) is 0.444. The molecule has 2 amide bonds. The van der Waals surface area contributed by atoms with Crippen LogP contribution in [0.1, 0.15) is 69.4 Å². The Morgan fingerprint density at radius 3 is 2.09 bits per heavy atom. The zero-order valence-electron chi connectivity index (χ0n) is 19.9. The lowest BCUT2D eigenvalue weighted by molar-refractivity contribution is -0.137. The van der Waals surface area contributed by atoms with Crippen LogP contribution in [-0.2, 0) is 14.3 Å². The highest BCUT2D eigenvalue weighted by molar-refractivity contribution is 5.79. The van der Waals surface area contributed by atoms with E-state index < -0.39 is 12.1 Å². The summed E-state index contributed by atoms with van der Waals surface area (Å²) in [5, 5.41) is 14.7. The molecule has 3 rings (SSSR count). The van der Waals surface area contributed by atoms with E-state index >= 15 is 0 Å². The average molecular weight is 467 g/mol. The maximum atomic E-state index is 12.5. The van der Waals surface area contributed by atoms with E-state index in [0.29, 0.717) is 19.3 Å². The summed E-state index contributed by atoms with van der Waals surface area (Å²) < 4.78 is 5.60. The SMILES string of the molecule is CCCC(CC(=O)O)NC(=O)CCC(CC)NC(=O)OCC1c2ccccc2-c2ccccc21. The number of carbonyl (C=O) groups excluding carboxylic acids is 2. The Morgan fingerprint density at radius 1 is 0.912 bits per heavy atom. The molecule has 0 saturated heterocycles. The van der Waals surface area contributed by atoms with E-state index in [-0.39, 0.29) is 43.4 Å². The van der Waals surface area contributed by atoms with Crippen molar-refractivity contribution < 1.29 is 24.2 Å². The van der Waals surface area contributed by atoms with Gasteiger partial charge in [-0.3, -0.25) is 9.59 Å². The van der Waals surface area contributed by atoms with Crippen LogP contribution in [0.4, 0.5) is 4.79 Å². The van der Waals surface area contributed by atoms with Gasteiger partial charge in [-0.05, 0) is 41.5 Å². The summed E-state index contributed by atoms with van der Waals surface area (Å²) in [5.41, 5.74) is 4.66. The first kappa shape index (κ1) is 25.3. The van der Waals surface area contributed by atoms with Gasteiger partial charge in [0, 0.05) is 24.4 Å². The van der Waals surface area contributed by atoms with E-state index in [9.17, 15) is 14.4 Å². The summed E-state index contributed by atoms with van der Waals surface area (Å²) >= 11 is 0. The third kappa shape index (κ3) is 6.59. The summed E-state index contributed by atoms with van der Waals surface area (Å²) in [4.78, 5) is 35.8. The molecule has 182 valence electrons. The van der Waals surface area contributed by atoms with E-state index in [2.05, 4.69) is 34.9 Å². The minimum absolute atomic E-state index is 0.00580. The van der Waals surface area contributed by atoms with Gasteiger partial charge >= 0.3 is 12.1 Å². The van der Waals surface area contributed by atoms with Crippen molar-refractivity contribution in [3.05, 3.63) is 59.7 Å². The van der Waals surface area contributed by atoms with Crippen LogP contribution in [0.15, 0.2) is 48.5 Å². The average Bonchev–Trinajstić information content (AvgIpc) is 3.14. The number of carboxylic acid groups (broad SMARTS) is 1. The molecule has 2 unspecified atom stereocenters. The molecule has 0 saturated carbocycles. The van der Waals surface area contributed by atoms with Crippen molar-refractivity contribution in [2.75, 3.05) is 6.61 Å². The molecule has 1 aliphatic carbocycles. The van der Waals surface area contributed by atoms with Gasteiger partial charge in [0.2, 0.25) is 5.91 Å². The first-order valence-corrected chi connectivity index (χ1v) is 12.1. The molecule has 3 N–H and O–H groups in total. The largest absolute Gasteiger partial charge is 0.481 e. The topological polar surface area (TPSA) is 105 Å². The summed E-state index contributed by atoms with van der Waals surface area (Å²) in [6, 6.07) is 15.8. The quantitative estimate of drug-likeness (QED) is 0.415. The molecule has 0 fully saturated rings. The summed E-state index contributed by atoms with van der Waals surface area (Å²) in [6.45, 7) is 4.13. The van der Waals surface area contributed by atoms with Gasteiger partial charge in [-0.2, -0.15) is 0 Å². The molecular formula is C27H34N2O5. The summed E-state index contributed by atoms with van der Waals surface area (Å²) in [7, 11) is 0. The van der Waals surface area contributed by atoms with Crippen LogP contribution in [0.3, 0.4) is 0 Å². The maximum absolute atomic E-state index is 12.5. The predicted octanol–water partition coefficient (Wildman–Crippen LogP) is 4.84. The molecule has 1 aliphatic rings. The Kier molecular flexibility index (Phi) is 9.08. The van der Waals surface area contributed by atoms with Gasteiger partial charge in [-0.1, -0.05) is 68.8 Å². The molecular weight excluding hydrogens is 432 g/mol. The Hall–Kier alpha value is -3.35. The van der Waals surface area contributed by atoms with E-state index in [0.717, 1.165) is 17.5 Å². The van der Waals surface area contributed by atoms with Crippen LogP contribution in [0.2, 0.25) is 0 Å². The van der Waals surface area contributed by atoms with Crippen LogP contribution >= 0.6 is 0 Å². The highest BCUT2D eigenvalue weighted by atomic mass is 16.5. The van der Waals surface area contributed by atoms with E-state index in [1.807, 2.05) is 38.1 Å². The number of nitrogens with one attached hydrogen (secondary N) is 2. The molecule has 7 nitrogen and oxygen atoms in total. The minimum Gasteiger partial charge on any atom is -0.481 e. The van der Waals surface area contributed by atoms with Gasteiger partial charge in [0.1, 0.15) is 6.61 Å². The van der Waals surface area contributed by atoms with Gasteiger partial charge in [-0.15, -0.1) is 0 Å². The molecule has 0 spiro atoms. The third-order valence-electron chi connectivity index (χ3n) is 6.30. The van der Waals surface area contributed by atoms with Gasteiger partial charge < -0.3 is 20.5 Å². The Labute approximate surface area is 200 Å². The van der Waals surface area contributed by atoms with Crippen LogP contribution < -0.4 is 10.6 Å². The van der Waals surface area contributed by atoms with Crippen molar-refractivity contribution in [3.63, 3.8) is 0 Å². The van der Waals surface area contributed by atoms with E-state index in [1.165, 1.54) is 11.1 Å². The molecule has 0 bridgehead atoms. The molecule has 0 aromatic heterocycles. The van der Waals surface area contributed by atoms with Crippen LogP contribution in [0, 0.1) is 0 Å². The lowest BCUT2D eigenvalue weighted by Crippen LogP contribution is -2.39. The molecule has 2 atom stereocenters. The van der Waals surface area contributed by atoms with E-state index in [1.54, 1.807) is 0 Å². The highest BCUT2D eigenvalue weighted by Gasteiger charge is 2.29. The van der Waals surface area contributed by atoms with Crippen molar-refractivity contribution in [2.24, 2.45) is 0 Å². The predicted molar refractivity (Wildman–Crippen MR) is 131 cm³/mol. The van der Waals surface area contributed by atoms with Gasteiger partial charge in [0.25, 0.3) is 0 Å². The highest BCUT2D eigenvalue weighted by Crippen LogP contribution is 2.44. The number of rotatable bonds is 12. The number of carbonyl (C=O) groups is 3. The van der Waals surface area contributed by atoms with Crippen LogP contribution in [0.5, 0.6) is 0 Å². The third-order valence-corrected chi connectivity index (χ3v) is 6.30. The smallest absolute Gasteiger partial charge is 0.407 e. The standard InChI is InChI=1S/C27H34N2O5/c1-3-9-19(16-26(31)32)28-25(30)15-14-18(4-2)29-27(33)34-17-24-22-12-7-5-10-20(22)21-11-6-8-13-23(21)24/h5-8,10-13,18-19,24H,3-4,9,14-17H2,1-2H3,(H,28,30)(H,29,33)(H,31,32). The number of amides is 2. The minimum atomic E-state index is -0.929. The lowest BCUT2D eigenvalue weighted by Gasteiger charge is -2.20. The number of carboxylic acids is 1. The second kappa shape index (κ2) is 12.2. The number of ether oxygens (including phenoxy) is 1. The molecule has 34 heavy (non-hydrogen) atoms.